The molecule has 8 heteroatoms. The van der Waals surface area contributed by atoms with Crippen molar-refractivity contribution in [3.8, 4) is 0 Å². The maximum atomic E-state index is 12.0. The molecule has 0 radical (unpaired) electrons. The van der Waals surface area contributed by atoms with Crippen LogP contribution in [0.5, 0.6) is 0 Å². The number of imidazole rings is 1. The summed E-state index contributed by atoms with van der Waals surface area (Å²) in [5, 5.41) is 13.7. The van der Waals surface area contributed by atoms with E-state index in [-0.39, 0.29) is 18.3 Å². The number of benzene rings is 1. The molecule has 0 saturated carbocycles. The molecule has 1 amide bonds. The molecule has 110 valence electrons. The first-order valence-electron chi connectivity index (χ1n) is 6.11. The number of halogens is 1. The summed E-state index contributed by atoms with van der Waals surface area (Å²) in [5.41, 5.74) is 1.48. The first-order chi connectivity index (χ1) is 9.86. The van der Waals surface area contributed by atoms with Crippen LogP contribution in [0.15, 0.2) is 24.4 Å². The molecular weight excluding hydrogens is 296 g/mol. The summed E-state index contributed by atoms with van der Waals surface area (Å²) < 4.78 is 1.41. The Morgan fingerprint density at radius 1 is 1.48 bits per heavy atom. The second-order valence-corrected chi connectivity index (χ2v) is 4.97. The lowest BCUT2D eigenvalue weighted by molar-refractivity contribution is -0.389. The number of nitro groups is 1. The minimum Gasteiger partial charge on any atom is -0.358 e. The number of hydrogen-bond donors (Lipinski definition) is 1. The van der Waals surface area contributed by atoms with E-state index in [1.165, 1.54) is 10.8 Å². The Morgan fingerprint density at radius 2 is 2.19 bits per heavy atom. The SMILES string of the molecule is Cc1ccc(NC(=O)Cn2cc([N+](=O)[O-])nc2C)c(Cl)c1. The molecule has 0 aliphatic rings. The summed E-state index contributed by atoms with van der Waals surface area (Å²) in [6.45, 7) is 3.42. The molecule has 7 nitrogen and oxygen atoms in total. The lowest BCUT2D eigenvalue weighted by Gasteiger charge is -2.08. The van der Waals surface area contributed by atoms with Crippen LogP contribution in [0.25, 0.3) is 0 Å². The third-order valence-corrected chi connectivity index (χ3v) is 3.18. The number of aromatic nitrogens is 2. The summed E-state index contributed by atoms with van der Waals surface area (Å²) in [6.07, 6.45) is 1.23. The van der Waals surface area contributed by atoms with Crippen molar-refractivity contribution in [1.82, 2.24) is 9.55 Å². The zero-order chi connectivity index (χ0) is 15.6. The van der Waals surface area contributed by atoms with Gasteiger partial charge < -0.3 is 15.4 Å². The van der Waals surface area contributed by atoms with Crippen LogP contribution in [0.3, 0.4) is 0 Å². The van der Waals surface area contributed by atoms with E-state index in [9.17, 15) is 14.9 Å². The predicted octanol–water partition coefficient (Wildman–Crippen LogP) is 2.70. The Balaban J connectivity index is 2.10. The van der Waals surface area contributed by atoms with Crippen molar-refractivity contribution in [3.63, 3.8) is 0 Å². The molecule has 0 aliphatic carbocycles. The normalized spacial score (nSPS) is 10.4. The van der Waals surface area contributed by atoms with E-state index in [1.807, 2.05) is 13.0 Å². The fourth-order valence-electron chi connectivity index (χ4n) is 1.81. The van der Waals surface area contributed by atoms with E-state index in [2.05, 4.69) is 10.3 Å². The molecule has 1 N–H and O–H groups in total. The number of nitrogens with one attached hydrogen (secondary N) is 1. The highest BCUT2D eigenvalue weighted by molar-refractivity contribution is 6.33. The number of carbonyl (C=O) groups is 1. The van der Waals surface area contributed by atoms with Crippen molar-refractivity contribution >= 4 is 29.0 Å². The molecule has 0 spiro atoms. The highest BCUT2D eigenvalue weighted by Gasteiger charge is 2.17. The second kappa shape index (κ2) is 5.92. The molecule has 0 aliphatic heterocycles. The van der Waals surface area contributed by atoms with Crippen molar-refractivity contribution in [2.75, 3.05) is 5.32 Å². The quantitative estimate of drug-likeness (QED) is 0.694. The van der Waals surface area contributed by atoms with Gasteiger partial charge in [-0.15, -0.1) is 0 Å². The second-order valence-electron chi connectivity index (χ2n) is 4.56. The van der Waals surface area contributed by atoms with E-state index in [1.54, 1.807) is 19.1 Å². The number of anilines is 1. The van der Waals surface area contributed by atoms with Crippen molar-refractivity contribution < 1.29 is 9.72 Å². The predicted molar refractivity (Wildman–Crippen MR) is 78.4 cm³/mol. The fourth-order valence-corrected chi connectivity index (χ4v) is 2.09. The molecule has 0 fully saturated rings. The number of aryl methyl sites for hydroxylation is 2. The Kier molecular flexibility index (Phi) is 4.23. The zero-order valence-corrected chi connectivity index (χ0v) is 12.2. The van der Waals surface area contributed by atoms with Gasteiger partial charge >= 0.3 is 5.82 Å². The van der Waals surface area contributed by atoms with Crippen LogP contribution in [0.4, 0.5) is 11.5 Å². The van der Waals surface area contributed by atoms with Gasteiger partial charge in [-0.1, -0.05) is 17.7 Å². The number of carbonyl (C=O) groups excluding carboxylic acids is 1. The third kappa shape index (κ3) is 3.57. The fraction of sp³-hybridized carbons (Fsp3) is 0.231. The average molecular weight is 309 g/mol. The molecule has 1 aromatic carbocycles. The minimum absolute atomic E-state index is 0.0725. The van der Waals surface area contributed by atoms with E-state index in [4.69, 9.17) is 11.6 Å². The van der Waals surface area contributed by atoms with Crippen LogP contribution in [-0.2, 0) is 11.3 Å². The molecule has 0 unspecified atom stereocenters. The van der Waals surface area contributed by atoms with Gasteiger partial charge in [0.2, 0.25) is 11.7 Å². The van der Waals surface area contributed by atoms with Gasteiger partial charge in [-0.05, 0) is 34.5 Å². The van der Waals surface area contributed by atoms with Crippen LogP contribution >= 0.6 is 11.6 Å². The van der Waals surface area contributed by atoms with Gasteiger partial charge in [-0.3, -0.25) is 9.36 Å². The number of nitrogens with zero attached hydrogens (tertiary/aromatic N) is 3. The third-order valence-electron chi connectivity index (χ3n) is 2.86. The van der Waals surface area contributed by atoms with Gasteiger partial charge in [0.15, 0.2) is 0 Å². The van der Waals surface area contributed by atoms with E-state index >= 15 is 0 Å². The number of rotatable bonds is 4. The van der Waals surface area contributed by atoms with E-state index in [0.29, 0.717) is 16.5 Å². The smallest absolute Gasteiger partial charge is 0.358 e. The number of hydrogen-bond acceptors (Lipinski definition) is 4. The molecule has 0 bridgehead atoms. The first-order valence-corrected chi connectivity index (χ1v) is 6.49. The highest BCUT2D eigenvalue weighted by atomic mass is 35.5. The molecule has 2 aromatic rings. The van der Waals surface area contributed by atoms with Crippen molar-refractivity contribution in [2.45, 2.75) is 20.4 Å². The van der Waals surface area contributed by atoms with E-state index < -0.39 is 4.92 Å². The minimum atomic E-state index is -0.599. The highest BCUT2D eigenvalue weighted by Crippen LogP contribution is 2.22. The monoisotopic (exact) mass is 308 g/mol. The van der Waals surface area contributed by atoms with Gasteiger partial charge in [-0.25, -0.2) is 0 Å². The maximum Gasteiger partial charge on any atom is 0.381 e. The lowest BCUT2D eigenvalue weighted by Crippen LogP contribution is -2.19. The van der Waals surface area contributed by atoms with Gasteiger partial charge in [0.05, 0.1) is 10.7 Å². The summed E-state index contributed by atoms with van der Waals surface area (Å²) in [7, 11) is 0. The molecule has 1 heterocycles. The molecule has 0 atom stereocenters. The van der Waals surface area contributed by atoms with E-state index in [0.717, 1.165) is 5.56 Å². The standard InChI is InChI=1S/C13H13ClN4O3/c1-8-3-4-11(10(14)5-8)16-13(19)7-17-6-12(18(20)21)15-9(17)2/h3-6H,7H2,1-2H3,(H,16,19). The lowest BCUT2D eigenvalue weighted by atomic mass is 10.2. The Bertz CT molecular complexity index is 711. The first kappa shape index (κ1) is 15.0. The number of amides is 1. The van der Waals surface area contributed by atoms with Crippen molar-refractivity contribution in [2.24, 2.45) is 0 Å². The van der Waals surface area contributed by atoms with Crippen molar-refractivity contribution in [3.05, 3.63) is 50.9 Å². The summed E-state index contributed by atoms with van der Waals surface area (Å²) >= 11 is 6.03. The zero-order valence-electron chi connectivity index (χ0n) is 11.5. The molecular formula is C13H13ClN4O3. The van der Waals surface area contributed by atoms with Crippen LogP contribution in [0.2, 0.25) is 5.02 Å². The summed E-state index contributed by atoms with van der Waals surface area (Å²) in [6, 6.07) is 5.28. The van der Waals surface area contributed by atoms with Crippen LogP contribution < -0.4 is 5.32 Å². The summed E-state index contributed by atoms with van der Waals surface area (Å²) in [5.74, 6) is -0.225. The molecule has 21 heavy (non-hydrogen) atoms. The maximum absolute atomic E-state index is 12.0. The van der Waals surface area contributed by atoms with Gasteiger partial charge in [0, 0.05) is 6.92 Å². The molecule has 2 rings (SSSR count). The Morgan fingerprint density at radius 3 is 2.76 bits per heavy atom. The Hall–Kier alpha value is -2.41. The van der Waals surface area contributed by atoms with Crippen LogP contribution in [0, 0.1) is 24.0 Å². The van der Waals surface area contributed by atoms with Crippen LogP contribution in [0.1, 0.15) is 11.4 Å². The van der Waals surface area contributed by atoms with Gasteiger partial charge in [-0.2, -0.15) is 0 Å². The average Bonchev–Trinajstić information content (AvgIpc) is 2.75. The van der Waals surface area contributed by atoms with Crippen LogP contribution in [-0.4, -0.2) is 20.4 Å². The molecule has 1 aromatic heterocycles. The topological polar surface area (TPSA) is 90.1 Å². The Labute approximate surface area is 125 Å². The van der Waals surface area contributed by atoms with Gasteiger partial charge in [0.1, 0.15) is 12.7 Å². The van der Waals surface area contributed by atoms with Gasteiger partial charge in [0.25, 0.3) is 0 Å². The van der Waals surface area contributed by atoms with Crippen molar-refractivity contribution in [1.29, 1.82) is 0 Å². The largest absolute Gasteiger partial charge is 0.381 e. The molecule has 0 saturated heterocycles. The summed E-state index contributed by atoms with van der Waals surface area (Å²) in [4.78, 5) is 25.8.